The fourth-order valence-electron chi connectivity index (χ4n) is 2.10. The van der Waals surface area contributed by atoms with E-state index < -0.39 is 0 Å². The second-order valence-corrected chi connectivity index (χ2v) is 5.43. The van der Waals surface area contributed by atoms with E-state index in [1.54, 1.807) is 7.11 Å². The first kappa shape index (κ1) is 14.1. The Balaban J connectivity index is 2.05. The molecule has 19 heavy (non-hydrogen) atoms. The smallest absolute Gasteiger partial charge is 0.123 e. The molecule has 0 spiro atoms. The minimum absolute atomic E-state index is 0.866. The number of rotatable bonds is 5. The van der Waals surface area contributed by atoms with Crippen LogP contribution in [0.25, 0.3) is 0 Å². The molecular formula is C16H18BrNO. The molecule has 0 bridgehead atoms. The predicted octanol–water partition coefficient (Wildman–Crippen LogP) is 4.09. The van der Waals surface area contributed by atoms with Gasteiger partial charge in [-0.05, 0) is 24.7 Å². The molecule has 2 aromatic rings. The highest BCUT2D eigenvalue weighted by Gasteiger charge is 2.07. The fourth-order valence-corrected chi connectivity index (χ4v) is 2.51. The molecule has 0 atom stereocenters. The van der Waals surface area contributed by atoms with Gasteiger partial charge in [-0.3, -0.25) is 4.90 Å². The number of nitrogens with zero attached hydrogens (tertiary/aromatic N) is 1. The Bertz CT molecular complexity index is 542. The Morgan fingerprint density at radius 2 is 1.53 bits per heavy atom. The molecule has 0 saturated heterocycles. The van der Waals surface area contributed by atoms with Gasteiger partial charge in [-0.25, -0.2) is 0 Å². The topological polar surface area (TPSA) is 12.5 Å². The Morgan fingerprint density at radius 3 is 2.21 bits per heavy atom. The summed E-state index contributed by atoms with van der Waals surface area (Å²) in [5.74, 6) is 0.946. The van der Waals surface area contributed by atoms with Gasteiger partial charge in [-0.15, -0.1) is 0 Å². The lowest BCUT2D eigenvalue weighted by Crippen LogP contribution is -2.17. The second-order valence-electron chi connectivity index (χ2n) is 4.58. The number of hydrogen-bond acceptors (Lipinski definition) is 2. The summed E-state index contributed by atoms with van der Waals surface area (Å²) in [6.45, 7) is 1.77. The van der Waals surface area contributed by atoms with E-state index in [0.717, 1.165) is 23.3 Å². The van der Waals surface area contributed by atoms with Crippen LogP contribution in [0, 0.1) is 0 Å². The Hall–Kier alpha value is -1.32. The summed E-state index contributed by atoms with van der Waals surface area (Å²) < 4.78 is 6.54. The van der Waals surface area contributed by atoms with Crippen molar-refractivity contribution in [3.8, 4) is 5.75 Å². The Morgan fingerprint density at radius 1 is 0.947 bits per heavy atom. The second kappa shape index (κ2) is 6.73. The highest BCUT2D eigenvalue weighted by molar-refractivity contribution is 9.10. The lowest BCUT2D eigenvalue weighted by Gasteiger charge is -2.19. The quantitative estimate of drug-likeness (QED) is 0.823. The number of ether oxygens (including phenoxy) is 1. The van der Waals surface area contributed by atoms with Crippen LogP contribution in [-0.2, 0) is 13.1 Å². The van der Waals surface area contributed by atoms with Crippen LogP contribution in [0.4, 0.5) is 0 Å². The third-order valence-corrected chi connectivity index (χ3v) is 3.80. The van der Waals surface area contributed by atoms with Gasteiger partial charge in [0, 0.05) is 23.1 Å². The van der Waals surface area contributed by atoms with Gasteiger partial charge in [0.15, 0.2) is 0 Å². The number of methoxy groups -OCH3 is 1. The van der Waals surface area contributed by atoms with Gasteiger partial charge in [0.25, 0.3) is 0 Å². The summed E-state index contributed by atoms with van der Waals surface area (Å²) in [4.78, 5) is 2.28. The van der Waals surface area contributed by atoms with E-state index in [1.165, 1.54) is 11.1 Å². The molecule has 0 radical (unpaired) electrons. The van der Waals surface area contributed by atoms with Crippen molar-refractivity contribution in [1.82, 2.24) is 4.90 Å². The van der Waals surface area contributed by atoms with Gasteiger partial charge >= 0.3 is 0 Å². The van der Waals surface area contributed by atoms with Crippen LogP contribution < -0.4 is 4.74 Å². The predicted molar refractivity (Wildman–Crippen MR) is 82.3 cm³/mol. The van der Waals surface area contributed by atoms with Crippen molar-refractivity contribution in [1.29, 1.82) is 0 Å². The van der Waals surface area contributed by atoms with Crippen LogP contribution >= 0.6 is 15.9 Å². The van der Waals surface area contributed by atoms with Crippen molar-refractivity contribution in [3.05, 3.63) is 64.1 Å². The van der Waals surface area contributed by atoms with E-state index in [9.17, 15) is 0 Å². The third kappa shape index (κ3) is 3.82. The maximum absolute atomic E-state index is 5.38. The molecule has 0 saturated carbocycles. The first-order valence-electron chi connectivity index (χ1n) is 6.24. The van der Waals surface area contributed by atoms with Crippen molar-refractivity contribution in [2.24, 2.45) is 0 Å². The molecular weight excluding hydrogens is 302 g/mol. The summed E-state index contributed by atoms with van der Waals surface area (Å²) in [6, 6.07) is 16.5. The van der Waals surface area contributed by atoms with E-state index in [0.29, 0.717) is 0 Å². The Kier molecular flexibility index (Phi) is 5.00. The largest absolute Gasteiger partial charge is 0.496 e. The molecule has 0 N–H and O–H groups in total. The third-order valence-electron chi connectivity index (χ3n) is 3.03. The molecule has 0 aliphatic rings. The normalized spacial score (nSPS) is 10.7. The van der Waals surface area contributed by atoms with E-state index in [-0.39, 0.29) is 0 Å². The van der Waals surface area contributed by atoms with Crippen LogP contribution in [-0.4, -0.2) is 19.1 Å². The average Bonchev–Trinajstić information content (AvgIpc) is 2.42. The van der Waals surface area contributed by atoms with Gasteiger partial charge < -0.3 is 4.74 Å². The highest BCUT2D eigenvalue weighted by Crippen LogP contribution is 2.21. The minimum atomic E-state index is 0.866. The number of para-hydroxylation sites is 1. The molecule has 2 aromatic carbocycles. The zero-order valence-electron chi connectivity index (χ0n) is 11.3. The number of benzene rings is 2. The van der Waals surface area contributed by atoms with Gasteiger partial charge in [0.2, 0.25) is 0 Å². The summed E-state index contributed by atoms with van der Waals surface area (Å²) in [7, 11) is 3.83. The standard InChI is InChI=1S/C16H18BrNO/c1-18(11-13-7-3-5-9-15(13)17)12-14-8-4-6-10-16(14)19-2/h3-10H,11-12H2,1-2H3. The van der Waals surface area contributed by atoms with E-state index in [4.69, 9.17) is 4.74 Å². The van der Waals surface area contributed by atoms with E-state index >= 15 is 0 Å². The lowest BCUT2D eigenvalue weighted by atomic mass is 10.1. The van der Waals surface area contributed by atoms with Gasteiger partial charge in [-0.2, -0.15) is 0 Å². The van der Waals surface area contributed by atoms with Crippen LogP contribution in [0.2, 0.25) is 0 Å². The van der Waals surface area contributed by atoms with E-state index in [2.05, 4.69) is 52.1 Å². The maximum atomic E-state index is 5.38. The highest BCUT2D eigenvalue weighted by atomic mass is 79.9. The van der Waals surface area contributed by atoms with Crippen molar-refractivity contribution in [2.75, 3.05) is 14.2 Å². The van der Waals surface area contributed by atoms with Gasteiger partial charge in [0.05, 0.1) is 7.11 Å². The first-order chi connectivity index (χ1) is 9.20. The average molecular weight is 320 g/mol. The van der Waals surface area contributed by atoms with Gasteiger partial charge in [-0.1, -0.05) is 52.3 Å². The van der Waals surface area contributed by atoms with Crippen LogP contribution in [0.5, 0.6) is 5.75 Å². The molecule has 3 heteroatoms. The number of hydrogen-bond donors (Lipinski definition) is 0. The van der Waals surface area contributed by atoms with Crippen LogP contribution in [0.3, 0.4) is 0 Å². The molecule has 0 aromatic heterocycles. The van der Waals surface area contributed by atoms with Crippen molar-refractivity contribution < 1.29 is 4.74 Å². The lowest BCUT2D eigenvalue weighted by molar-refractivity contribution is 0.309. The van der Waals surface area contributed by atoms with Crippen LogP contribution in [0.15, 0.2) is 53.0 Å². The molecule has 100 valence electrons. The zero-order chi connectivity index (χ0) is 13.7. The molecule has 0 aliphatic heterocycles. The van der Waals surface area contributed by atoms with Gasteiger partial charge in [0.1, 0.15) is 5.75 Å². The summed E-state index contributed by atoms with van der Waals surface area (Å²) in [6.07, 6.45) is 0. The maximum Gasteiger partial charge on any atom is 0.123 e. The summed E-state index contributed by atoms with van der Waals surface area (Å²) in [5, 5.41) is 0. The molecule has 0 fully saturated rings. The molecule has 2 rings (SSSR count). The van der Waals surface area contributed by atoms with Crippen molar-refractivity contribution in [2.45, 2.75) is 13.1 Å². The monoisotopic (exact) mass is 319 g/mol. The van der Waals surface area contributed by atoms with E-state index in [1.807, 2.05) is 24.3 Å². The zero-order valence-corrected chi connectivity index (χ0v) is 12.9. The van der Waals surface area contributed by atoms with Crippen molar-refractivity contribution >= 4 is 15.9 Å². The summed E-state index contributed by atoms with van der Waals surface area (Å²) in [5.41, 5.74) is 2.50. The summed E-state index contributed by atoms with van der Waals surface area (Å²) >= 11 is 3.59. The molecule has 0 unspecified atom stereocenters. The minimum Gasteiger partial charge on any atom is -0.496 e. The van der Waals surface area contributed by atoms with Crippen LogP contribution in [0.1, 0.15) is 11.1 Å². The number of halogens is 1. The molecule has 2 nitrogen and oxygen atoms in total. The Labute approximate surface area is 123 Å². The first-order valence-corrected chi connectivity index (χ1v) is 7.04. The SMILES string of the molecule is COc1ccccc1CN(C)Cc1ccccc1Br. The van der Waals surface area contributed by atoms with Crippen molar-refractivity contribution in [3.63, 3.8) is 0 Å². The fraction of sp³-hybridized carbons (Fsp3) is 0.250. The molecule has 0 heterocycles. The molecule has 0 aliphatic carbocycles. The molecule has 0 amide bonds.